The van der Waals surface area contributed by atoms with Gasteiger partial charge in [-0.1, -0.05) is 24.3 Å². The van der Waals surface area contributed by atoms with Gasteiger partial charge in [-0.25, -0.2) is 4.99 Å². The van der Waals surface area contributed by atoms with E-state index in [9.17, 15) is 0 Å². The first-order valence-corrected chi connectivity index (χ1v) is 10.7. The summed E-state index contributed by atoms with van der Waals surface area (Å²) < 4.78 is 10.4. The second kappa shape index (κ2) is 14.4. The third-order valence-electron chi connectivity index (χ3n) is 4.83. The van der Waals surface area contributed by atoms with E-state index >= 15 is 0 Å². The lowest BCUT2D eigenvalue weighted by molar-refractivity contribution is 0.0689. The molecule has 28 heavy (non-hydrogen) atoms. The Bertz CT molecular complexity index is 542. The first kappa shape index (κ1) is 22.7. The van der Waals surface area contributed by atoms with E-state index in [2.05, 4.69) is 46.7 Å². The molecule has 1 heterocycles. The number of benzene rings is 1. The highest BCUT2D eigenvalue weighted by Gasteiger charge is 2.11. The van der Waals surface area contributed by atoms with Gasteiger partial charge in [-0.05, 0) is 56.8 Å². The smallest absolute Gasteiger partial charge is 0.191 e. The minimum absolute atomic E-state index is 0.661. The van der Waals surface area contributed by atoms with Crippen LogP contribution in [0.3, 0.4) is 0 Å². The first-order valence-electron chi connectivity index (χ1n) is 10.7. The van der Waals surface area contributed by atoms with Crippen LogP contribution in [-0.4, -0.2) is 64.0 Å². The molecule has 1 saturated heterocycles. The van der Waals surface area contributed by atoms with Crippen molar-refractivity contribution in [3.05, 3.63) is 35.4 Å². The molecule has 1 aromatic rings. The molecular formula is C22H38N4O2. The van der Waals surface area contributed by atoms with Crippen molar-refractivity contribution in [3.63, 3.8) is 0 Å². The van der Waals surface area contributed by atoms with Gasteiger partial charge in [0.1, 0.15) is 0 Å². The Balaban J connectivity index is 1.67. The second-order valence-electron chi connectivity index (χ2n) is 7.23. The molecule has 0 spiro atoms. The highest BCUT2D eigenvalue weighted by molar-refractivity contribution is 5.79. The molecule has 6 heteroatoms. The Hall–Kier alpha value is -1.63. The van der Waals surface area contributed by atoms with Crippen LogP contribution >= 0.6 is 0 Å². The van der Waals surface area contributed by atoms with Crippen molar-refractivity contribution in [3.8, 4) is 0 Å². The number of hydrogen-bond donors (Lipinski definition) is 2. The SMILES string of the molecule is CCNC(=NCc1ccc(CN2CCCC2)cc1)NCCCCOCCOC. The van der Waals surface area contributed by atoms with Gasteiger partial charge < -0.3 is 20.1 Å². The molecule has 2 rings (SSSR count). The van der Waals surface area contributed by atoms with Crippen molar-refractivity contribution in [2.45, 2.75) is 45.7 Å². The monoisotopic (exact) mass is 390 g/mol. The number of unbranched alkanes of at least 4 members (excludes halogenated alkanes) is 1. The van der Waals surface area contributed by atoms with Crippen LogP contribution in [0.15, 0.2) is 29.3 Å². The Morgan fingerprint density at radius 1 is 1.00 bits per heavy atom. The fourth-order valence-corrected chi connectivity index (χ4v) is 3.24. The minimum Gasteiger partial charge on any atom is -0.382 e. The molecule has 0 bridgehead atoms. The van der Waals surface area contributed by atoms with Crippen LogP contribution in [0.4, 0.5) is 0 Å². The predicted molar refractivity (Wildman–Crippen MR) is 116 cm³/mol. The molecule has 0 aliphatic carbocycles. The lowest BCUT2D eigenvalue weighted by Crippen LogP contribution is -2.37. The fraction of sp³-hybridized carbons (Fsp3) is 0.682. The summed E-state index contributed by atoms with van der Waals surface area (Å²) in [5.74, 6) is 0.879. The molecule has 0 radical (unpaired) electrons. The van der Waals surface area contributed by atoms with Gasteiger partial charge in [0, 0.05) is 33.4 Å². The Morgan fingerprint density at radius 3 is 2.46 bits per heavy atom. The maximum absolute atomic E-state index is 5.48. The van der Waals surface area contributed by atoms with E-state index in [1.165, 1.54) is 37.1 Å². The molecule has 0 aromatic heterocycles. The third kappa shape index (κ3) is 9.53. The lowest BCUT2D eigenvalue weighted by Gasteiger charge is -2.14. The number of nitrogens with zero attached hydrogens (tertiary/aromatic N) is 2. The molecule has 1 aromatic carbocycles. The van der Waals surface area contributed by atoms with Gasteiger partial charge >= 0.3 is 0 Å². The highest BCUT2D eigenvalue weighted by atomic mass is 16.5. The van der Waals surface area contributed by atoms with Crippen LogP contribution in [0.5, 0.6) is 0 Å². The molecule has 0 saturated carbocycles. The molecule has 1 aliphatic heterocycles. The molecule has 2 N–H and O–H groups in total. The van der Waals surface area contributed by atoms with Crippen LogP contribution in [0.1, 0.15) is 43.7 Å². The summed E-state index contributed by atoms with van der Waals surface area (Å²) in [7, 11) is 1.69. The van der Waals surface area contributed by atoms with Crippen molar-refractivity contribution < 1.29 is 9.47 Å². The predicted octanol–water partition coefficient (Wildman–Crippen LogP) is 2.78. The van der Waals surface area contributed by atoms with Crippen molar-refractivity contribution in [1.82, 2.24) is 15.5 Å². The van der Waals surface area contributed by atoms with Gasteiger partial charge in [0.15, 0.2) is 5.96 Å². The zero-order valence-corrected chi connectivity index (χ0v) is 17.7. The number of guanidine groups is 1. The van der Waals surface area contributed by atoms with Crippen LogP contribution < -0.4 is 10.6 Å². The standard InChI is InChI=1S/C22H38N4O2/c1-3-23-22(24-12-4-7-15-28-17-16-27-2)25-18-20-8-10-21(11-9-20)19-26-13-5-6-14-26/h8-11H,3-7,12-19H2,1-2H3,(H2,23,24,25). The first-order chi connectivity index (χ1) is 13.8. The molecule has 1 aliphatic rings. The summed E-state index contributed by atoms with van der Waals surface area (Å²) in [6.07, 6.45) is 4.78. The summed E-state index contributed by atoms with van der Waals surface area (Å²) >= 11 is 0. The molecule has 158 valence electrons. The van der Waals surface area contributed by atoms with Crippen LogP contribution in [-0.2, 0) is 22.6 Å². The molecule has 6 nitrogen and oxygen atoms in total. The summed E-state index contributed by atoms with van der Waals surface area (Å²) in [4.78, 5) is 7.24. The number of nitrogens with one attached hydrogen (secondary N) is 2. The van der Waals surface area contributed by atoms with Gasteiger partial charge in [0.2, 0.25) is 0 Å². The van der Waals surface area contributed by atoms with Crippen molar-refractivity contribution >= 4 is 5.96 Å². The lowest BCUT2D eigenvalue weighted by atomic mass is 10.1. The fourth-order valence-electron chi connectivity index (χ4n) is 3.24. The Kier molecular flexibility index (Phi) is 11.6. The summed E-state index contributed by atoms with van der Waals surface area (Å²) in [5.41, 5.74) is 2.64. The number of likely N-dealkylation sites (tertiary alicyclic amines) is 1. The topological polar surface area (TPSA) is 58.1 Å². The molecule has 1 fully saturated rings. The quantitative estimate of drug-likeness (QED) is 0.308. The summed E-state index contributed by atoms with van der Waals surface area (Å²) in [5, 5.41) is 6.72. The molecule has 0 amide bonds. The van der Waals surface area contributed by atoms with E-state index in [-0.39, 0.29) is 0 Å². The highest BCUT2D eigenvalue weighted by Crippen LogP contribution is 2.13. The average molecular weight is 391 g/mol. The maximum Gasteiger partial charge on any atom is 0.191 e. The Morgan fingerprint density at radius 2 is 1.75 bits per heavy atom. The Labute approximate surface area is 170 Å². The molecular weight excluding hydrogens is 352 g/mol. The largest absolute Gasteiger partial charge is 0.382 e. The van der Waals surface area contributed by atoms with E-state index in [1.807, 2.05) is 0 Å². The number of methoxy groups -OCH3 is 1. The van der Waals surface area contributed by atoms with Crippen LogP contribution in [0, 0.1) is 0 Å². The van der Waals surface area contributed by atoms with Gasteiger partial charge in [-0.2, -0.15) is 0 Å². The van der Waals surface area contributed by atoms with Crippen LogP contribution in [0.2, 0.25) is 0 Å². The van der Waals surface area contributed by atoms with E-state index in [4.69, 9.17) is 14.5 Å². The zero-order valence-electron chi connectivity index (χ0n) is 17.7. The molecule has 0 unspecified atom stereocenters. The zero-order chi connectivity index (χ0) is 19.9. The second-order valence-corrected chi connectivity index (χ2v) is 7.23. The van der Waals surface area contributed by atoms with E-state index in [0.29, 0.717) is 19.8 Å². The summed E-state index contributed by atoms with van der Waals surface area (Å²) in [6, 6.07) is 8.89. The van der Waals surface area contributed by atoms with Gasteiger partial charge in [-0.15, -0.1) is 0 Å². The van der Waals surface area contributed by atoms with E-state index < -0.39 is 0 Å². The van der Waals surface area contributed by atoms with E-state index in [1.54, 1.807) is 7.11 Å². The van der Waals surface area contributed by atoms with Crippen molar-refractivity contribution in [2.75, 3.05) is 53.1 Å². The number of ether oxygens (including phenoxy) is 2. The number of aliphatic imine (C=N–C) groups is 1. The van der Waals surface area contributed by atoms with Gasteiger partial charge in [-0.3, -0.25) is 4.90 Å². The van der Waals surface area contributed by atoms with Crippen LogP contribution in [0.25, 0.3) is 0 Å². The van der Waals surface area contributed by atoms with Crippen molar-refractivity contribution in [2.24, 2.45) is 4.99 Å². The van der Waals surface area contributed by atoms with E-state index in [0.717, 1.165) is 45.0 Å². The average Bonchev–Trinajstić information content (AvgIpc) is 3.22. The number of hydrogen-bond acceptors (Lipinski definition) is 4. The number of rotatable bonds is 13. The molecule has 0 atom stereocenters. The van der Waals surface area contributed by atoms with Gasteiger partial charge in [0.05, 0.1) is 19.8 Å². The minimum atomic E-state index is 0.661. The third-order valence-corrected chi connectivity index (χ3v) is 4.83. The normalized spacial score (nSPS) is 15.1. The van der Waals surface area contributed by atoms with Crippen molar-refractivity contribution in [1.29, 1.82) is 0 Å². The van der Waals surface area contributed by atoms with Gasteiger partial charge in [0.25, 0.3) is 0 Å². The maximum atomic E-state index is 5.48. The summed E-state index contributed by atoms with van der Waals surface area (Å²) in [6.45, 7) is 10.2.